The van der Waals surface area contributed by atoms with Gasteiger partial charge in [0.1, 0.15) is 48.8 Å². The summed E-state index contributed by atoms with van der Waals surface area (Å²) in [4.78, 5) is 0. The first-order valence-corrected chi connectivity index (χ1v) is 24.8. The average molecular weight is 973 g/mol. The smallest absolute Gasteiger partial charge is 0.187 e. The van der Waals surface area contributed by atoms with Gasteiger partial charge in [-0.25, -0.2) is 0 Å². The minimum Gasteiger partial charge on any atom is -0.374 e. The highest BCUT2D eigenvalue weighted by Crippen LogP contribution is 2.34. The molecule has 0 aliphatic carbocycles. The van der Waals surface area contributed by atoms with Crippen molar-refractivity contribution in [3.63, 3.8) is 0 Å². The average Bonchev–Trinajstić information content (AvgIpc) is 3.44. The summed E-state index contributed by atoms with van der Waals surface area (Å²) in [6.07, 6.45) is -8.74. The fourth-order valence-corrected chi connectivity index (χ4v) is 8.97. The summed E-state index contributed by atoms with van der Waals surface area (Å²) in [5.74, 6) is 0. The van der Waals surface area contributed by atoms with Crippen LogP contribution < -0.4 is 0 Å². The molecule has 7 aromatic carbocycles. The summed E-state index contributed by atoms with van der Waals surface area (Å²) < 4.78 is 67.9. The molecule has 11 heteroatoms. The minimum atomic E-state index is -1.41. The number of hydrogen-bond acceptors (Lipinski definition) is 11. The molecule has 0 aromatic heterocycles. The predicted octanol–water partition coefficient (Wildman–Crippen LogP) is 10.2. The summed E-state index contributed by atoms with van der Waals surface area (Å²) in [5.41, 5.74) is 6.80. The third-order valence-electron chi connectivity index (χ3n) is 12.7. The number of aliphatic hydroxyl groups is 1. The van der Waals surface area contributed by atoms with Crippen LogP contribution in [0.1, 0.15) is 38.9 Å². The van der Waals surface area contributed by atoms with Gasteiger partial charge in [0.25, 0.3) is 0 Å². The fraction of sp³-hybridized carbons (Fsp3) is 0.311. The van der Waals surface area contributed by atoms with Crippen LogP contribution in [0, 0.1) is 0 Å². The largest absolute Gasteiger partial charge is 0.374 e. The predicted molar refractivity (Wildman–Crippen MR) is 272 cm³/mol. The van der Waals surface area contributed by atoms with E-state index in [0.717, 1.165) is 38.9 Å². The van der Waals surface area contributed by atoms with Gasteiger partial charge in [-0.1, -0.05) is 212 Å². The van der Waals surface area contributed by atoms with E-state index in [0.29, 0.717) is 6.61 Å². The Balaban J connectivity index is 1.04. The zero-order valence-electron chi connectivity index (χ0n) is 40.4. The van der Waals surface area contributed by atoms with Crippen LogP contribution in [0.15, 0.2) is 212 Å². The van der Waals surface area contributed by atoms with Crippen molar-refractivity contribution >= 4 is 0 Å². The Morgan fingerprint density at radius 2 is 0.556 bits per heavy atom. The van der Waals surface area contributed by atoms with Crippen LogP contribution in [0.25, 0.3) is 0 Å². The second-order valence-corrected chi connectivity index (χ2v) is 18.0. The lowest BCUT2D eigenvalue weighted by atomic mass is 9.97. The molecular weight excluding hydrogens is 909 g/mol. The van der Waals surface area contributed by atoms with Crippen LogP contribution in [0.2, 0.25) is 0 Å². The summed E-state index contributed by atoms with van der Waals surface area (Å²) in [6, 6.07) is 69.7. The van der Waals surface area contributed by atoms with E-state index in [4.69, 9.17) is 47.4 Å². The van der Waals surface area contributed by atoms with Crippen LogP contribution in [-0.2, 0) is 93.6 Å². The quantitative estimate of drug-likeness (QED) is 0.0591. The van der Waals surface area contributed by atoms with Gasteiger partial charge in [0.15, 0.2) is 12.6 Å². The maximum absolute atomic E-state index is 12.0. The topological polar surface area (TPSA) is 113 Å². The molecule has 1 N–H and O–H groups in total. The molecule has 374 valence electrons. The summed E-state index contributed by atoms with van der Waals surface area (Å²) in [6.45, 7) is 1.89. The Kier molecular flexibility index (Phi) is 19.3. The molecular formula is C61H64O11. The highest BCUT2D eigenvalue weighted by Gasteiger charge is 2.52. The van der Waals surface area contributed by atoms with Crippen molar-refractivity contribution in [3.05, 3.63) is 251 Å². The molecule has 10 atom stereocenters. The molecule has 0 spiro atoms. The molecule has 2 heterocycles. The Morgan fingerprint density at radius 3 is 0.917 bits per heavy atom. The van der Waals surface area contributed by atoms with Crippen molar-refractivity contribution < 1.29 is 52.5 Å². The second-order valence-electron chi connectivity index (χ2n) is 18.0. The van der Waals surface area contributed by atoms with Crippen molar-refractivity contribution in [1.82, 2.24) is 0 Å². The van der Waals surface area contributed by atoms with Crippen LogP contribution in [-0.4, -0.2) is 79.7 Å². The van der Waals surface area contributed by atoms with Crippen molar-refractivity contribution in [2.45, 2.75) is 108 Å². The number of benzene rings is 7. The maximum Gasteiger partial charge on any atom is 0.187 e. The van der Waals surface area contributed by atoms with E-state index in [-0.39, 0.29) is 52.9 Å². The molecule has 11 nitrogen and oxygen atoms in total. The lowest BCUT2D eigenvalue weighted by Crippen LogP contribution is -2.63. The standard InChI is InChI=1S/C61H64O11/c62-60-58(68-41-50-32-18-6-19-33-50)56(66-39-48-28-14-4-15-29-48)55(65-38-47-26-12-3-13-27-47)53(71-60)44-70-61-59(69-42-51-34-20-7-21-35-51)57(67-40-49-30-16-5-17-31-49)54(64-37-46-24-10-2-11-25-46)52(72-61)43-63-36-45-22-8-1-9-23-45/h1-35,52-62H,36-44H2/t52-,53-,54-,55-,56+,57+,58-,59+,60+,61?/m1/s1. The Morgan fingerprint density at radius 1 is 0.278 bits per heavy atom. The molecule has 1 unspecified atom stereocenters. The molecule has 0 amide bonds. The van der Waals surface area contributed by atoms with Gasteiger partial charge < -0.3 is 52.5 Å². The van der Waals surface area contributed by atoms with Gasteiger partial charge in [-0.15, -0.1) is 0 Å². The molecule has 2 saturated heterocycles. The Hall–Kier alpha value is -5.90. The maximum atomic E-state index is 12.0. The lowest BCUT2D eigenvalue weighted by Gasteiger charge is -2.47. The molecule has 72 heavy (non-hydrogen) atoms. The van der Waals surface area contributed by atoms with Crippen LogP contribution in [0.4, 0.5) is 0 Å². The molecule has 7 aromatic rings. The van der Waals surface area contributed by atoms with Crippen LogP contribution >= 0.6 is 0 Å². The van der Waals surface area contributed by atoms with Gasteiger partial charge in [0.2, 0.25) is 0 Å². The molecule has 0 bridgehead atoms. The molecule has 9 rings (SSSR count). The fourth-order valence-electron chi connectivity index (χ4n) is 8.97. The van der Waals surface area contributed by atoms with E-state index in [1.807, 2.05) is 212 Å². The Bertz CT molecular complexity index is 2550. The van der Waals surface area contributed by atoms with Gasteiger partial charge >= 0.3 is 0 Å². The van der Waals surface area contributed by atoms with Crippen LogP contribution in [0.3, 0.4) is 0 Å². The normalized spacial score (nSPS) is 24.2. The first kappa shape index (κ1) is 51.0. The van der Waals surface area contributed by atoms with Crippen molar-refractivity contribution in [1.29, 1.82) is 0 Å². The molecule has 2 aliphatic heterocycles. The molecule has 0 radical (unpaired) electrons. The number of hydrogen-bond donors (Lipinski definition) is 1. The van der Waals surface area contributed by atoms with Crippen molar-refractivity contribution in [3.8, 4) is 0 Å². The van der Waals surface area contributed by atoms with E-state index >= 15 is 0 Å². The number of rotatable bonds is 25. The van der Waals surface area contributed by atoms with E-state index in [9.17, 15) is 5.11 Å². The van der Waals surface area contributed by atoms with E-state index in [1.165, 1.54) is 0 Å². The highest BCUT2D eigenvalue weighted by molar-refractivity contribution is 5.19. The Labute approximate surface area is 423 Å². The van der Waals surface area contributed by atoms with E-state index in [2.05, 4.69) is 0 Å². The SMILES string of the molecule is O[C@H]1O[C@H](COC2O[C@H](COCc3ccccc3)[C@@H](OCc3ccccc3)[C@H](OCc3ccccc3)[C@@H]2OCc2ccccc2)[C@@H](OCc2ccccc2)[C@H](OCc2ccccc2)[C@H]1OCc1ccccc1. The third-order valence-corrected chi connectivity index (χ3v) is 12.7. The van der Waals surface area contributed by atoms with Crippen LogP contribution in [0.5, 0.6) is 0 Å². The highest BCUT2D eigenvalue weighted by atomic mass is 16.7. The number of ether oxygens (including phenoxy) is 10. The van der Waals surface area contributed by atoms with Crippen molar-refractivity contribution in [2.24, 2.45) is 0 Å². The summed E-state index contributed by atoms with van der Waals surface area (Å²) in [7, 11) is 0. The zero-order chi connectivity index (χ0) is 49.0. The summed E-state index contributed by atoms with van der Waals surface area (Å²) in [5, 5.41) is 12.0. The zero-order valence-corrected chi connectivity index (χ0v) is 40.4. The first-order valence-electron chi connectivity index (χ1n) is 24.8. The lowest BCUT2D eigenvalue weighted by molar-refractivity contribution is -0.349. The monoisotopic (exact) mass is 972 g/mol. The third kappa shape index (κ3) is 14.8. The van der Waals surface area contributed by atoms with Gasteiger partial charge in [-0.3, -0.25) is 0 Å². The molecule has 2 aliphatic rings. The van der Waals surface area contributed by atoms with E-state index < -0.39 is 61.4 Å². The van der Waals surface area contributed by atoms with E-state index in [1.54, 1.807) is 0 Å². The van der Waals surface area contributed by atoms with Gasteiger partial charge in [0.05, 0.1) is 59.5 Å². The van der Waals surface area contributed by atoms with Crippen molar-refractivity contribution in [2.75, 3.05) is 13.2 Å². The first-order chi connectivity index (χ1) is 35.6. The number of aliphatic hydroxyl groups excluding tert-OH is 1. The molecule has 0 saturated carbocycles. The van der Waals surface area contributed by atoms with Gasteiger partial charge in [0, 0.05) is 0 Å². The van der Waals surface area contributed by atoms with Gasteiger partial charge in [-0.2, -0.15) is 0 Å². The second kappa shape index (κ2) is 27.2. The van der Waals surface area contributed by atoms with Gasteiger partial charge in [-0.05, 0) is 38.9 Å². The summed E-state index contributed by atoms with van der Waals surface area (Å²) >= 11 is 0. The minimum absolute atomic E-state index is 0.0957. The molecule has 2 fully saturated rings.